The lowest BCUT2D eigenvalue weighted by atomic mass is 9.89. The third-order valence-electron chi connectivity index (χ3n) is 6.99. The summed E-state index contributed by atoms with van der Waals surface area (Å²) >= 11 is 0. The van der Waals surface area contributed by atoms with Crippen LogP contribution in [0, 0.1) is 0 Å². The van der Waals surface area contributed by atoms with Gasteiger partial charge in [-0.2, -0.15) is 0 Å². The number of nitrogens with one attached hydrogen (secondary N) is 4. The fourth-order valence-electron chi connectivity index (χ4n) is 4.67. The monoisotopic (exact) mass is 512 g/mol. The van der Waals surface area contributed by atoms with Gasteiger partial charge in [-0.05, 0) is 60.4 Å². The van der Waals surface area contributed by atoms with Gasteiger partial charge in [0.2, 0.25) is 5.91 Å². The number of nitrogens with zero attached hydrogens (tertiary/aromatic N) is 2. The number of anilines is 2. The molecule has 10 heteroatoms. The summed E-state index contributed by atoms with van der Waals surface area (Å²) in [6, 6.07) is 16.4. The molecule has 0 aliphatic carbocycles. The van der Waals surface area contributed by atoms with Crippen molar-refractivity contribution in [3.8, 4) is 0 Å². The van der Waals surface area contributed by atoms with Crippen LogP contribution < -0.4 is 21.3 Å². The first kappa shape index (κ1) is 24.9. The molecule has 1 fully saturated rings. The molecule has 1 aromatic heterocycles. The molecular formula is C28H28N6O4. The van der Waals surface area contributed by atoms with E-state index in [4.69, 9.17) is 0 Å². The lowest BCUT2D eigenvalue weighted by Gasteiger charge is -2.39. The molecule has 0 spiro atoms. The molecule has 3 heterocycles. The summed E-state index contributed by atoms with van der Waals surface area (Å²) in [7, 11) is 0. The van der Waals surface area contributed by atoms with E-state index < -0.39 is 11.4 Å². The number of rotatable bonds is 7. The smallest absolute Gasteiger partial charge is 0.319 e. The molecular weight excluding hydrogens is 484 g/mol. The highest BCUT2D eigenvalue weighted by molar-refractivity contribution is 6.07. The molecule has 2 aliphatic heterocycles. The minimum absolute atomic E-state index is 0.192. The Morgan fingerprint density at radius 1 is 0.974 bits per heavy atom. The van der Waals surface area contributed by atoms with E-state index in [2.05, 4.69) is 26.3 Å². The van der Waals surface area contributed by atoms with Crippen LogP contribution in [-0.4, -0.2) is 39.2 Å². The molecule has 2 aliphatic rings. The van der Waals surface area contributed by atoms with Crippen LogP contribution in [0.1, 0.15) is 46.8 Å². The number of aromatic nitrogens is 1. The van der Waals surface area contributed by atoms with Gasteiger partial charge in [-0.15, -0.1) is 0 Å². The minimum atomic E-state index is -1.08. The summed E-state index contributed by atoms with van der Waals surface area (Å²) in [5, 5.41) is 11.3. The molecule has 38 heavy (non-hydrogen) atoms. The Labute approximate surface area is 219 Å². The number of urea groups is 1. The van der Waals surface area contributed by atoms with E-state index >= 15 is 0 Å². The largest absolute Gasteiger partial charge is 0.381 e. The Bertz CT molecular complexity index is 1390. The number of carbonyl (C=O) groups is 4. The highest BCUT2D eigenvalue weighted by Gasteiger charge is 2.48. The van der Waals surface area contributed by atoms with Gasteiger partial charge in [-0.25, -0.2) is 4.79 Å². The molecule has 10 nitrogen and oxygen atoms in total. The molecule has 1 atom stereocenters. The van der Waals surface area contributed by atoms with Gasteiger partial charge in [-0.3, -0.25) is 24.7 Å². The van der Waals surface area contributed by atoms with Crippen LogP contribution in [0.15, 0.2) is 67.0 Å². The Morgan fingerprint density at radius 2 is 1.71 bits per heavy atom. The van der Waals surface area contributed by atoms with Gasteiger partial charge >= 0.3 is 6.03 Å². The van der Waals surface area contributed by atoms with Gasteiger partial charge in [0.15, 0.2) is 0 Å². The predicted molar refractivity (Wildman–Crippen MR) is 141 cm³/mol. The van der Waals surface area contributed by atoms with E-state index in [9.17, 15) is 19.2 Å². The predicted octanol–water partition coefficient (Wildman–Crippen LogP) is 3.17. The number of pyridine rings is 1. The second kappa shape index (κ2) is 10.3. The van der Waals surface area contributed by atoms with Gasteiger partial charge in [-0.1, -0.05) is 24.3 Å². The van der Waals surface area contributed by atoms with Crippen molar-refractivity contribution in [2.45, 2.75) is 44.9 Å². The summed E-state index contributed by atoms with van der Waals surface area (Å²) in [6.07, 6.45) is 3.94. The lowest BCUT2D eigenvalue weighted by Crippen LogP contribution is -2.61. The van der Waals surface area contributed by atoms with Crippen molar-refractivity contribution >= 4 is 35.1 Å². The Balaban J connectivity index is 1.14. The van der Waals surface area contributed by atoms with Crippen LogP contribution in [0.4, 0.5) is 16.2 Å². The third kappa shape index (κ3) is 5.19. The van der Waals surface area contributed by atoms with Crippen molar-refractivity contribution in [2.24, 2.45) is 0 Å². The normalized spacial score (nSPS) is 18.6. The van der Waals surface area contributed by atoms with E-state index in [0.29, 0.717) is 17.8 Å². The third-order valence-corrected chi connectivity index (χ3v) is 6.99. The van der Waals surface area contributed by atoms with E-state index in [0.717, 1.165) is 22.4 Å². The van der Waals surface area contributed by atoms with E-state index in [1.165, 1.54) is 4.90 Å². The summed E-state index contributed by atoms with van der Waals surface area (Å²) in [5.74, 6) is -1.01. The first-order valence-corrected chi connectivity index (χ1v) is 12.4. The van der Waals surface area contributed by atoms with Crippen molar-refractivity contribution in [3.63, 3.8) is 0 Å². The average molecular weight is 513 g/mol. The molecule has 5 rings (SSSR count). The quantitative estimate of drug-likeness (QED) is 0.360. The molecule has 0 bridgehead atoms. The van der Waals surface area contributed by atoms with Crippen LogP contribution in [0.2, 0.25) is 0 Å². The first-order chi connectivity index (χ1) is 18.3. The number of fused-ring (bicyclic) bond motifs is 1. The summed E-state index contributed by atoms with van der Waals surface area (Å²) in [5.41, 5.74) is 3.80. The number of benzene rings is 2. The Morgan fingerprint density at radius 3 is 2.45 bits per heavy atom. The number of hydrogen-bond donors (Lipinski definition) is 4. The van der Waals surface area contributed by atoms with Crippen LogP contribution in [0.3, 0.4) is 0 Å². The van der Waals surface area contributed by atoms with Crippen LogP contribution in [0.25, 0.3) is 0 Å². The molecule has 4 N–H and O–H groups in total. The molecule has 194 valence electrons. The van der Waals surface area contributed by atoms with Crippen LogP contribution >= 0.6 is 0 Å². The molecule has 5 amide bonds. The number of amides is 5. The van der Waals surface area contributed by atoms with Crippen molar-refractivity contribution in [2.75, 3.05) is 10.6 Å². The van der Waals surface area contributed by atoms with Crippen LogP contribution in [-0.2, 0) is 29.2 Å². The Hall–Kier alpha value is -4.73. The highest BCUT2D eigenvalue weighted by Crippen LogP contribution is 2.34. The molecule has 0 radical (unpaired) electrons. The van der Waals surface area contributed by atoms with Gasteiger partial charge in [0.1, 0.15) is 5.54 Å². The first-order valence-electron chi connectivity index (χ1n) is 12.4. The summed E-state index contributed by atoms with van der Waals surface area (Å²) in [4.78, 5) is 55.1. The standard InChI is InChI=1S/C28H28N6O4/c1-28(11-8-24(35)33-26(28)37)34-17-20-14-19(4-7-23(20)25(34)36)16-31-27(38)32-22-5-2-18(3-6-22)15-30-21-9-12-29-13-10-21/h2-7,9-10,12-14H,8,11,15-17H2,1H3,(H,29,30)(H2,31,32,38)(H,33,35,37). The fourth-order valence-corrected chi connectivity index (χ4v) is 4.67. The molecule has 2 aromatic carbocycles. The zero-order valence-electron chi connectivity index (χ0n) is 20.9. The zero-order chi connectivity index (χ0) is 26.7. The van der Waals surface area contributed by atoms with Gasteiger partial charge in [0.25, 0.3) is 11.8 Å². The molecule has 1 unspecified atom stereocenters. The van der Waals surface area contributed by atoms with Crippen molar-refractivity contribution in [3.05, 3.63) is 89.2 Å². The Kier molecular flexibility index (Phi) is 6.78. The number of hydrogen-bond acceptors (Lipinski definition) is 6. The maximum atomic E-state index is 13.0. The average Bonchev–Trinajstić information content (AvgIpc) is 3.26. The summed E-state index contributed by atoms with van der Waals surface area (Å²) < 4.78 is 0. The van der Waals surface area contributed by atoms with Crippen LogP contribution in [0.5, 0.6) is 0 Å². The highest BCUT2D eigenvalue weighted by atomic mass is 16.2. The number of piperidine rings is 1. The summed E-state index contributed by atoms with van der Waals surface area (Å²) in [6.45, 7) is 2.88. The number of carbonyl (C=O) groups excluding carboxylic acids is 4. The second-order valence-electron chi connectivity index (χ2n) is 9.63. The van der Waals surface area contributed by atoms with Crippen molar-refractivity contribution in [1.82, 2.24) is 20.5 Å². The minimum Gasteiger partial charge on any atom is -0.381 e. The van der Waals surface area contributed by atoms with E-state index in [1.54, 1.807) is 31.5 Å². The number of imide groups is 1. The lowest BCUT2D eigenvalue weighted by molar-refractivity contribution is -0.142. The van der Waals surface area contributed by atoms with Gasteiger partial charge in [0.05, 0.1) is 0 Å². The van der Waals surface area contributed by atoms with Gasteiger partial charge < -0.3 is 20.9 Å². The van der Waals surface area contributed by atoms with E-state index in [1.807, 2.05) is 42.5 Å². The van der Waals surface area contributed by atoms with Gasteiger partial charge in [0, 0.05) is 55.4 Å². The van der Waals surface area contributed by atoms with E-state index in [-0.39, 0.29) is 43.8 Å². The maximum Gasteiger partial charge on any atom is 0.319 e. The second-order valence-corrected chi connectivity index (χ2v) is 9.63. The molecule has 1 saturated heterocycles. The zero-order valence-corrected chi connectivity index (χ0v) is 20.9. The topological polar surface area (TPSA) is 133 Å². The molecule has 3 aromatic rings. The maximum absolute atomic E-state index is 13.0. The van der Waals surface area contributed by atoms with Crippen molar-refractivity contribution in [1.29, 1.82) is 0 Å². The fraction of sp³-hybridized carbons (Fsp3) is 0.250. The SMILES string of the molecule is CC1(N2Cc3cc(CNC(=O)Nc4ccc(CNc5ccncc5)cc4)ccc3C2=O)CCC(=O)NC1=O. The van der Waals surface area contributed by atoms with Crippen molar-refractivity contribution < 1.29 is 19.2 Å². The molecule has 0 saturated carbocycles.